The number of phenolic OH excluding ortho intramolecular Hbond substituents is 1. The molecule has 0 aliphatic carbocycles. The van der Waals surface area contributed by atoms with E-state index in [-0.39, 0.29) is 24.0 Å². The molecular formula is C17H15NO3. The standard InChI is InChI=1S/C17H15NO3/c19-14-7-5-12(6-8-14)9-10-18-16(20)11-13-3-1-2-4-15(13)17(18)21/h1-8,19H,9-11H2. The molecule has 0 unspecified atom stereocenters. The van der Waals surface area contributed by atoms with Crippen molar-refractivity contribution in [2.24, 2.45) is 0 Å². The Morgan fingerprint density at radius 2 is 1.71 bits per heavy atom. The molecule has 1 aliphatic rings. The first-order chi connectivity index (χ1) is 10.1. The van der Waals surface area contributed by atoms with E-state index in [0.717, 1.165) is 11.1 Å². The van der Waals surface area contributed by atoms with Crippen molar-refractivity contribution in [2.45, 2.75) is 12.8 Å². The number of fused-ring (bicyclic) bond motifs is 1. The van der Waals surface area contributed by atoms with E-state index in [0.29, 0.717) is 18.5 Å². The van der Waals surface area contributed by atoms with Crippen molar-refractivity contribution in [2.75, 3.05) is 6.54 Å². The molecular weight excluding hydrogens is 266 g/mol. The molecule has 2 amide bonds. The molecule has 2 aromatic rings. The van der Waals surface area contributed by atoms with Gasteiger partial charge >= 0.3 is 0 Å². The molecule has 1 N–H and O–H groups in total. The topological polar surface area (TPSA) is 57.6 Å². The molecule has 0 bridgehead atoms. The summed E-state index contributed by atoms with van der Waals surface area (Å²) in [4.78, 5) is 25.8. The SMILES string of the molecule is O=C1Cc2ccccc2C(=O)N1CCc1ccc(O)cc1. The zero-order chi connectivity index (χ0) is 14.8. The second-order valence-corrected chi connectivity index (χ2v) is 5.10. The zero-order valence-corrected chi connectivity index (χ0v) is 11.5. The predicted octanol–water partition coefficient (Wildman–Crippen LogP) is 2.16. The van der Waals surface area contributed by atoms with Crippen molar-refractivity contribution in [1.29, 1.82) is 0 Å². The number of imide groups is 1. The van der Waals surface area contributed by atoms with Crippen molar-refractivity contribution in [3.63, 3.8) is 0 Å². The molecule has 106 valence electrons. The van der Waals surface area contributed by atoms with Crippen LogP contribution in [0.1, 0.15) is 21.5 Å². The Morgan fingerprint density at radius 3 is 2.48 bits per heavy atom. The van der Waals surface area contributed by atoms with E-state index in [2.05, 4.69) is 0 Å². The molecule has 0 atom stereocenters. The summed E-state index contributed by atoms with van der Waals surface area (Å²) in [6.45, 7) is 0.358. The van der Waals surface area contributed by atoms with Crippen LogP contribution >= 0.6 is 0 Å². The first kappa shape index (κ1) is 13.4. The molecule has 4 heteroatoms. The van der Waals surface area contributed by atoms with Crippen LogP contribution in [0.5, 0.6) is 5.75 Å². The number of hydrogen-bond acceptors (Lipinski definition) is 3. The highest BCUT2D eigenvalue weighted by Crippen LogP contribution is 2.20. The van der Waals surface area contributed by atoms with Gasteiger partial charge in [0.1, 0.15) is 5.75 Å². The largest absolute Gasteiger partial charge is 0.508 e. The average molecular weight is 281 g/mol. The number of phenols is 1. The van der Waals surface area contributed by atoms with Gasteiger partial charge in [0.25, 0.3) is 5.91 Å². The fraction of sp³-hybridized carbons (Fsp3) is 0.176. The fourth-order valence-corrected chi connectivity index (χ4v) is 2.53. The number of hydrogen-bond donors (Lipinski definition) is 1. The number of aromatic hydroxyl groups is 1. The lowest BCUT2D eigenvalue weighted by Crippen LogP contribution is -2.43. The number of carbonyl (C=O) groups excluding carboxylic acids is 2. The summed E-state index contributed by atoms with van der Waals surface area (Å²) in [7, 11) is 0. The van der Waals surface area contributed by atoms with Gasteiger partial charge in [-0.05, 0) is 35.7 Å². The van der Waals surface area contributed by atoms with Gasteiger partial charge in [0.15, 0.2) is 0 Å². The van der Waals surface area contributed by atoms with Crippen LogP contribution in [0.15, 0.2) is 48.5 Å². The fourth-order valence-electron chi connectivity index (χ4n) is 2.53. The summed E-state index contributed by atoms with van der Waals surface area (Å²) >= 11 is 0. The van der Waals surface area contributed by atoms with Gasteiger partial charge in [0.05, 0.1) is 6.42 Å². The summed E-state index contributed by atoms with van der Waals surface area (Å²) in [5.41, 5.74) is 2.39. The first-order valence-corrected chi connectivity index (χ1v) is 6.85. The number of rotatable bonds is 3. The first-order valence-electron chi connectivity index (χ1n) is 6.85. The summed E-state index contributed by atoms with van der Waals surface area (Å²) in [6.07, 6.45) is 0.859. The Labute approximate surface area is 122 Å². The molecule has 1 heterocycles. The highest BCUT2D eigenvalue weighted by Gasteiger charge is 2.29. The van der Waals surface area contributed by atoms with Crippen LogP contribution in [-0.4, -0.2) is 28.4 Å². The van der Waals surface area contributed by atoms with E-state index in [1.165, 1.54) is 4.90 Å². The van der Waals surface area contributed by atoms with Crippen LogP contribution < -0.4 is 0 Å². The van der Waals surface area contributed by atoms with E-state index in [1.807, 2.05) is 18.2 Å². The Balaban J connectivity index is 1.75. The lowest BCUT2D eigenvalue weighted by Gasteiger charge is -2.26. The van der Waals surface area contributed by atoms with Gasteiger partial charge in [-0.2, -0.15) is 0 Å². The van der Waals surface area contributed by atoms with E-state index >= 15 is 0 Å². The minimum absolute atomic E-state index is 0.155. The minimum atomic E-state index is -0.222. The van der Waals surface area contributed by atoms with E-state index < -0.39 is 0 Å². The third-order valence-electron chi connectivity index (χ3n) is 3.70. The molecule has 1 aliphatic heterocycles. The number of amides is 2. The summed E-state index contributed by atoms with van der Waals surface area (Å²) < 4.78 is 0. The Morgan fingerprint density at radius 1 is 1.00 bits per heavy atom. The smallest absolute Gasteiger partial charge is 0.260 e. The number of carbonyl (C=O) groups is 2. The van der Waals surface area contributed by atoms with E-state index in [1.54, 1.807) is 30.3 Å². The Bertz CT molecular complexity index is 691. The molecule has 0 fully saturated rings. The molecule has 0 radical (unpaired) electrons. The van der Waals surface area contributed by atoms with Gasteiger partial charge in [-0.3, -0.25) is 14.5 Å². The van der Waals surface area contributed by atoms with Gasteiger partial charge < -0.3 is 5.11 Å². The molecule has 0 saturated carbocycles. The molecule has 21 heavy (non-hydrogen) atoms. The van der Waals surface area contributed by atoms with Crippen molar-refractivity contribution in [3.05, 3.63) is 65.2 Å². The highest BCUT2D eigenvalue weighted by atomic mass is 16.3. The van der Waals surface area contributed by atoms with Crippen LogP contribution in [0.4, 0.5) is 0 Å². The molecule has 4 nitrogen and oxygen atoms in total. The van der Waals surface area contributed by atoms with Crippen LogP contribution in [0.25, 0.3) is 0 Å². The minimum Gasteiger partial charge on any atom is -0.508 e. The van der Waals surface area contributed by atoms with Crippen LogP contribution in [0, 0.1) is 0 Å². The molecule has 0 saturated heterocycles. The van der Waals surface area contributed by atoms with Crippen molar-refractivity contribution < 1.29 is 14.7 Å². The zero-order valence-electron chi connectivity index (χ0n) is 11.5. The predicted molar refractivity (Wildman–Crippen MR) is 78.0 cm³/mol. The van der Waals surface area contributed by atoms with Gasteiger partial charge in [0, 0.05) is 12.1 Å². The van der Waals surface area contributed by atoms with E-state index in [4.69, 9.17) is 0 Å². The Kier molecular flexibility index (Phi) is 3.44. The number of nitrogens with zero attached hydrogens (tertiary/aromatic N) is 1. The van der Waals surface area contributed by atoms with Gasteiger partial charge in [0.2, 0.25) is 5.91 Å². The van der Waals surface area contributed by atoms with Crippen LogP contribution in [0.2, 0.25) is 0 Å². The van der Waals surface area contributed by atoms with Crippen LogP contribution in [0.3, 0.4) is 0 Å². The highest BCUT2D eigenvalue weighted by molar-refractivity contribution is 6.09. The van der Waals surface area contributed by atoms with Crippen molar-refractivity contribution in [3.8, 4) is 5.75 Å². The van der Waals surface area contributed by atoms with Crippen LogP contribution in [-0.2, 0) is 17.6 Å². The molecule has 0 spiro atoms. The monoisotopic (exact) mass is 281 g/mol. The van der Waals surface area contributed by atoms with Gasteiger partial charge in [-0.25, -0.2) is 0 Å². The lowest BCUT2D eigenvalue weighted by atomic mass is 9.98. The van der Waals surface area contributed by atoms with Gasteiger partial charge in [-0.1, -0.05) is 30.3 Å². The quantitative estimate of drug-likeness (QED) is 0.877. The third-order valence-corrected chi connectivity index (χ3v) is 3.70. The van der Waals surface area contributed by atoms with Gasteiger partial charge in [-0.15, -0.1) is 0 Å². The maximum Gasteiger partial charge on any atom is 0.260 e. The maximum atomic E-state index is 12.4. The van der Waals surface area contributed by atoms with Crippen molar-refractivity contribution >= 4 is 11.8 Å². The third kappa shape index (κ3) is 2.65. The second-order valence-electron chi connectivity index (χ2n) is 5.10. The molecule has 0 aromatic heterocycles. The van der Waals surface area contributed by atoms with Crippen molar-refractivity contribution in [1.82, 2.24) is 4.90 Å². The average Bonchev–Trinajstić information content (AvgIpc) is 2.49. The summed E-state index contributed by atoms with van der Waals surface area (Å²) in [6, 6.07) is 14.0. The maximum absolute atomic E-state index is 12.4. The Hall–Kier alpha value is -2.62. The molecule has 3 rings (SSSR count). The number of benzene rings is 2. The lowest BCUT2D eigenvalue weighted by molar-refractivity contribution is -0.128. The van der Waals surface area contributed by atoms with E-state index in [9.17, 15) is 14.7 Å². The second kappa shape index (κ2) is 5.40. The molecule has 2 aromatic carbocycles. The normalized spacial score (nSPS) is 14.2. The summed E-state index contributed by atoms with van der Waals surface area (Å²) in [5.74, 6) is -0.170. The summed E-state index contributed by atoms with van der Waals surface area (Å²) in [5, 5.41) is 9.25.